The van der Waals surface area contributed by atoms with Crippen LogP contribution in [-0.2, 0) is 4.79 Å². The van der Waals surface area contributed by atoms with Crippen molar-refractivity contribution >= 4 is 11.7 Å². The highest BCUT2D eigenvalue weighted by Gasteiger charge is 2.20. The predicted octanol–water partition coefficient (Wildman–Crippen LogP) is 3.41. The van der Waals surface area contributed by atoms with E-state index in [1.165, 1.54) is 12.8 Å². The highest BCUT2D eigenvalue weighted by Crippen LogP contribution is 2.31. The molecule has 6 nitrogen and oxygen atoms in total. The molecule has 128 valence electrons. The molecule has 0 spiro atoms. The number of benzene rings is 1. The first kappa shape index (κ1) is 16.4. The highest BCUT2D eigenvalue weighted by molar-refractivity contribution is 5.91. The van der Waals surface area contributed by atoms with Crippen molar-refractivity contribution in [2.24, 2.45) is 0 Å². The monoisotopic (exact) mass is 329 g/mol. The number of hydrogen-bond acceptors (Lipinski definition) is 4. The summed E-state index contributed by atoms with van der Waals surface area (Å²) >= 11 is 0. The third-order valence-corrected chi connectivity index (χ3v) is 4.11. The fourth-order valence-corrected chi connectivity index (χ4v) is 2.98. The van der Waals surface area contributed by atoms with Crippen molar-refractivity contribution in [1.82, 2.24) is 9.78 Å². The number of aromatic nitrogens is 2. The van der Waals surface area contributed by atoms with Crippen molar-refractivity contribution < 1.29 is 14.3 Å². The van der Waals surface area contributed by atoms with Gasteiger partial charge in [-0.1, -0.05) is 12.8 Å². The molecule has 3 rings (SSSR count). The molecule has 1 amide bonds. The van der Waals surface area contributed by atoms with Crippen LogP contribution in [0.2, 0.25) is 0 Å². The zero-order chi connectivity index (χ0) is 16.8. The molecule has 1 aliphatic carbocycles. The molecule has 0 atom stereocenters. The second-order valence-electron chi connectivity index (χ2n) is 5.84. The van der Waals surface area contributed by atoms with Crippen LogP contribution < -0.4 is 14.8 Å². The van der Waals surface area contributed by atoms with E-state index >= 15 is 0 Å². The Morgan fingerprint density at radius 1 is 1.17 bits per heavy atom. The zero-order valence-electron chi connectivity index (χ0n) is 13.9. The summed E-state index contributed by atoms with van der Waals surface area (Å²) < 4.78 is 12.8. The molecule has 0 radical (unpaired) electrons. The third-order valence-electron chi connectivity index (χ3n) is 4.11. The van der Waals surface area contributed by atoms with Crippen LogP contribution in [0, 0.1) is 0 Å². The van der Waals surface area contributed by atoms with Crippen LogP contribution in [0.5, 0.6) is 11.5 Å². The summed E-state index contributed by atoms with van der Waals surface area (Å²) in [7, 11) is 0. The van der Waals surface area contributed by atoms with Crippen LogP contribution in [0.3, 0.4) is 0 Å². The van der Waals surface area contributed by atoms with Crippen molar-refractivity contribution in [1.29, 1.82) is 0 Å². The number of nitrogens with one attached hydrogen (secondary N) is 1. The average Bonchev–Trinajstić information content (AvgIpc) is 3.25. The number of rotatable bonds is 7. The Morgan fingerprint density at radius 3 is 2.50 bits per heavy atom. The van der Waals surface area contributed by atoms with Gasteiger partial charge in [0.1, 0.15) is 17.3 Å². The lowest BCUT2D eigenvalue weighted by atomic mass is 10.2. The van der Waals surface area contributed by atoms with Gasteiger partial charge < -0.3 is 14.8 Å². The summed E-state index contributed by atoms with van der Waals surface area (Å²) in [6.07, 6.45) is 6.40. The number of nitrogens with zero attached hydrogens (tertiary/aromatic N) is 2. The third kappa shape index (κ3) is 4.07. The number of carbonyl (C=O) groups excluding carboxylic acids is 1. The Hall–Kier alpha value is -2.50. The minimum atomic E-state index is -0.191. The number of carbonyl (C=O) groups is 1. The summed E-state index contributed by atoms with van der Waals surface area (Å²) in [6.45, 7) is 2.52. The van der Waals surface area contributed by atoms with Crippen LogP contribution in [0.1, 0.15) is 38.6 Å². The normalized spacial score (nSPS) is 14.5. The molecule has 0 saturated heterocycles. The molecule has 1 heterocycles. The van der Waals surface area contributed by atoms with Gasteiger partial charge >= 0.3 is 0 Å². The molecule has 0 aliphatic heterocycles. The summed E-state index contributed by atoms with van der Waals surface area (Å²) in [5.74, 6) is 1.97. The smallest absolute Gasteiger partial charge is 0.263 e. The minimum absolute atomic E-state index is 0.0379. The fourth-order valence-electron chi connectivity index (χ4n) is 2.98. The Morgan fingerprint density at radius 2 is 1.83 bits per heavy atom. The molecule has 6 heteroatoms. The second-order valence-corrected chi connectivity index (χ2v) is 5.84. The van der Waals surface area contributed by atoms with E-state index < -0.39 is 0 Å². The van der Waals surface area contributed by atoms with Crippen molar-refractivity contribution in [3.8, 4) is 11.5 Å². The van der Waals surface area contributed by atoms with E-state index in [2.05, 4.69) is 10.4 Å². The summed E-state index contributed by atoms with van der Waals surface area (Å²) in [5.41, 5.74) is 0. The van der Waals surface area contributed by atoms with Crippen molar-refractivity contribution in [2.45, 2.75) is 38.6 Å². The molecule has 24 heavy (non-hydrogen) atoms. The van der Waals surface area contributed by atoms with Crippen LogP contribution in [0.15, 0.2) is 36.5 Å². The molecule has 0 unspecified atom stereocenters. The van der Waals surface area contributed by atoms with Gasteiger partial charge in [-0.15, -0.1) is 0 Å². The van der Waals surface area contributed by atoms with Crippen LogP contribution in [0.25, 0.3) is 0 Å². The Bertz CT molecular complexity index is 660. The van der Waals surface area contributed by atoms with Gasteiger partial charge in [0, 0.05) is 6.07 Å². The molecule has 2 aromatic rings. The van der Waals surface area contributed by atoms with Gasteiger partial charge in [-0.25, -0.2) is 4.68 Å². The largest absolute Gasteiger partial charge is 0.494 e. The molecule has 1 aromatic heterocycles. The quantitative estimate of drug-likeness (QED) is 0.845. The lowest BCUT2D eigenvalue weighted by Crippen LogP contribution is -2.23. The first-order valence-electron chi connectivity index (χ1n) is 8.45. The van der Waals surface area contributed by atoms with E-state index in [0.29, 0.717) is 18.4 Å². The van der Waals surface area contributed by atoms with Crippen molar-refractivity contribution in [2.75, 3.05) is 18.5 Å². The van der Waals surface area contributed by atoms with Gasteiger partial charge in [-0.05, 0) is 44.0 Å². The second kappa shape index (κ2) is 7.86. The molecule has 1 aliphatic rings. The summed E-state index contributed by atoms with van der Waals surface area (Å²) in [6, 6.07) is 9.45. The van der Waals surface area contributed by atoms with Gasteiger partial charge in [0.05, 0.1) is 18.8 Å². The molecule has 1 fully saturated rings. The lowest BCUT2D eigenvalue weighted by Gasteiger charge is -2.14. The number of amides is 1. The topological polar surface area (TPSA) is 65.4 Å². The van der Waals surface area contributed by atoms with E-state index in [1.54, 1.807) is 18.3 Å². The van der Waals surface area contributed by atoms with Crippen LogP contribution in [0.4, 0.5) is 5.82 Å². The molecule has 0 bridgehead atoms. The Kier molecular flexibility index (Phi) is 5.36. The first-order valence-corrected chi connectivity index (χ1v) is 8.45. The molecule has 1 N–H and O–H groups in total. The molecule has 1 aromatic carbocycles. The van der Waals surface area contributed by atoms with E-state index in [1.807, 2.05) is 29.8 Å². The minimum Gasteiger partial charge on any atom is -0.494 e. The van der Waals surface area contributed by atoms with Crippen molar-refractivity contribution in [3.63, 3.8) is 0 Å². The van der Waals surface area contributed by atoms with E-state index in [0.717, 1.165) is 24.4 Å². The summed E-state index contributed by atoms with van der Waals surface area (Å²) in [5, 5.41) is 7.23. The maximum absolute atomic E-state index is 12.1. The average molecular weight is 329 g/mol. The SMILES string of the molecule is CCOc1ccc(OCC(=O)Nc2ccnn2C2CCCC2)cc1. The standard InChI is InChI=1S/C18H23N3O3/c1-2-23-15-7-9-16(10-8-15)24-13-18(22)20-17-11-12-19-21(17)14-5-3-4-6-14/h7-12,14H,2-6,13H2,1H3,(H,20,22). The molecular formula is C18H23N3O3. The zero-order valence-corrected chi connectivity index (χ0v) is 13.9. The van der Waals surface area contributed by atoms with E-state index in [4.69, 9.17) is 9.47 Å². The van der Waals surface area contributed by atoms with Crippen LogP contribution in [-0.4, -0.2) is 28.9 Å². The predicted molar refractivity (Wildman–Crippen MR) is 91.5 cm³/mol. The van der Waals surface area contributed by atoms with E-state index in [-0.39, 0.29) is 12.5 Å². The molecule has 1 saturated carbocycles. The first-order chi connectivity index (χ1) is 11.8. The summed E-state index contributed by atoms with van der Waals surface area (Å²) in [4.78, 5) is 12.1. The maximum Gasteiger partial charge on any atom is 0.263 e. The van der Waals surface area contributed by atoms with Gasteiger partial charge in [-0.2, -0.15) is 5.10 Å². The number of anilines is 1. The number of ether oxygens (including phenoxy) is 2. The van der Waals surface area contributed by atoms with E-state index in [9.17, 15) is 4.79 Å². The highest BCUT2D eigenvalue weighted by atomic mass is 16.5. The maximum atomic E-state index is 12.1. The van der Waals surface area contributed by atoms with Gasteiger partial charge in [0.2, 0.25) is 0 Å². The Labute approximate surface area is 141 Å². The Balaban J connectivity index is 1.51. The van der Waals surface area contributed by atoms with Gasteiger partial charge in [0.15, 0.2) is 6.61 Å². The van der Waals surface area contributed by atoms with Crippen LogP contribution >= 0.6 is 0 Å². The molecular weight excluding hydrogens is 306 g/mol. The lowest BCUT2D eigenvalue weighted by molar-refractivity contribution is -0.118. The fraction of sp³-hybridized carbons (Fsp3) is 0.444. The van der Waals surface area contributed by atoms with Gasteiger partial charge in [-0.3, -0.25) is 4.79 Å². The van der Waals surface area contributed by atoms with Gasteiger partial charge in [0.25, 0.3) is 5.91 Å². The van der Waals surface area contributed by atoms with Crippen molar-refractivity contribution in [3.05, 3.63) is 36.5 Å². The number of hydrogen-bond donors (Lipinski definition) is 1.